The van der Waals surface area contributed by atoms with Gasteiger partial charge >= 0.3 is 0 Å². The first-order valence-electron chi connectivity index (χ1n) is 9.33. The molecule has 0 amide bonds. The lowest BCUT2D eigenvalue weighted by Crippen LogP contribution is -1.94. The number of hydrogen-bond acceptors (Lipinski definition) is 8. The number of fused-ring (bicyclic) bond motifs is 1. The highest BCUT2D eigenvalue weighted by Crippen LogP contribution is 2.47. The Labute approximate surface area is 177 Å². The van der Waals surface area contributed by atoms with Crippen LogP contribution in [-0.2, 0) is 0 Å². The second-order valence-electron chi connectivity index (χ2n) is 6.26. The number of nitrogens with zero attached hydrogens (tertiary/aromatic N) is 3. The van der Waals surface area contributed by atoms with Crippen LogP contribution >= 0.6 is 11.3 Å². The van der Waals surface area contributed by atoms with Gasteiger partial charge in [0.05, 0.1) is 24.8 Å². The maximum Gasteiger partial charge on any atom is 0.167 e. The van der Waals surface area contributed by atoms with Gasteiger partial charge in [0.15, 0.2) is 11.6 Å². The van der Waals surface area contributed by atoms with Crippen molar-refractivity contribution in [3.05, 3.63) is 60.4 Å². The van der Waals surface area contributed by atoms with E-state index in [-0.39, 0.29) is 5.75 Å². The van der Waals surface area contributed by atoms with E-state index in [2.05, 4.69) is 20.5 Å². The molecule has 0 aliphatic heterocycles. The Morgan fingerprint density at radius 2 is 2.03 bits per heavy atom. The van der Waals surface area contributed by atoms with Crippen molar-refractivity contribution in [2.45, 2.75) is 6.92 Å². The zero-order valence-corrected chi connectivity index (χ0v) is 17.3. The Bertz CT molecular complexity index is 1210. The van der Waals surface area contributed by atoms with E-state index in [1.54, 1.807) is 13.3 Å². The fraction of sp³-hybridized carbons (Fsp3) is 0.136. The highest BCUT2D eigenvalue weighted by molar-refractivity contribution is 7.23. The van der Waals surface area contributed by atoms with Crippen molar-refractivity contribution in [2.75, 3.05) is 19.1 Å². The van der Waals surface area contributed by atoms with Gasteiger partial charge < -0.3 is 14.6 Å². The minimum atomic E-state index is 0.101. The molecule has 0 aliphatic carbocycles. The summed E-state index contributed by atoms with van der Waals surface area (Å²) < 4.78 is 11.6. The number of thiophene rings is 1. The average molecular weight is 420 g/mol. The molecule has 0 atom stereocenters. The van der Waals surface area contributed by atoms with Gasteiger partial charge in [-0.2, -0.15) is 5.10 Å². The van der Waals surface area contributed by atoms with Gasteiger partial charge in [-0.1, -0.05) is 24.3 Å². The summed E-state index contributed by atoms with van der Waals surface area (Å²) >= 11 is 1.38. The summed E-state index contributed by atoms with van der Waals surface area (Å²) in [4.78, 5) is 9.21. The van der Waals surface area contributed by atoms with Crippen LogP contribution in [0.15, 0.2) is 60.0 Å². The molecule has 0 saturated heterocycles. The number of aromatic hydroxyl groups is 1. The van der Waals surface area contributed by atoms with E-state index in [0.717, 1.165) is 16.9 Å². The van der Waals surface area contributed by atoms with Gasteiger partial charge in [-0.3, -0.25) is 5.43 Å². The zero-order chi connectivity index (χ0) is 20.9. The molecule has 152 valence electrons. The van der Waals surface area contributed by atoms with Crippen molar-refractivity contribution in [1.29, 1.82) is 0 Å². The van der Waals surface area contributed by atoms with E-state index in [4.69, 9.17) is 9.47 Å². The normalized spacial score (nSPS) is 11.1. The summed E-state index contributed by atoms with van der Waals surface area (Å²) in [5.41, 5.74) is 5.11. The molecule has 0 saturated carbocycles. The molecule has 2 N–H and O–H groups in total. The number of methoxy groups -OCH3 is 1. The fourth-order valence-electron chi connectivity index (χ4n) is 2.98. The van der Waals surface area contributed by atoms with E-state index in [0.29, 0.717) is 33.3 Å². The zero-order valence-electron chi connectivity index (χ0n) is 16.5. The van der Waals surface area contributed by atoms with Crippen molar-refractivity contribution in [1.82, 2.24) is 9.97 Å². The number of hydrogen-bond donors (Lipinski definition) is 2. The smallest absolute Gasteiger partial charge is 0.167 e. The largest absolute Gasteiger partial charge is 0.504 e. The molecule has 2 aromatic heterocycles. The molecule has 0 spiro atoms. The van der Waals surface area contributed by atoms with Crippen molar-refractivity contribution in [3.63, 3.8) is 0 Å². The van der Waals surface area contributed by atoms with Crippen molar-refractivity contribution >= 4 is 33.6 Å². The van der Waals surface area contributed by atoms with Crippen molar-refractivity contribution < 1.29 is 14.6 Å². The van der Waals surface area contributed by atoms with Crippen LogP contribution in [0, 0.1) is 0 Å². The third-order valence-corrected chi connectivity index (χ3v) is 5.56. The standard InChI is InChI=1S/C22H20N4O3S/c1-3-29-17-10-5-4-9-16(17)20-19(27)18-21(30-20)22(24-13-23-18)26-25-12-14-7-6-8-15(11-14)28-2/h4-13,27H,3H2,1-2H3,(H,23,24,26). The molecule has 8 heteroatoms. The fourth-order valence-corrected chi connectivity index (χ4v) is 4.10. The van der Waals surface area contributed by atoms with Gasteiger partial charge in [0.2, 0.25) is 0 Å². The lowest BCUT2D eigenvalue weighted by Gasteiger charge is -2.08. The predicted molar refractivity (Wildman–Crippen MR) is 120 cm³/mol. The van der Waals surface area contributed by atoms with Crippen LogP contribution in [0.5, 0.6) is 17.2 Å². The molecule has 30 heavy (non-hydrogen) atoms. The number of rotatable bonds is 7. The Morgan fingerprint density at radius 3 is 2.87 bits per heavy atom. The van der Waals surface area contributed by atoms with Crippen molar-refractivity contribution in [3.8, 4) is 27.7 Å². The van der Waals surface area contributed by atoms with Crippen LogP contribution < -0.4 is 14.9 Å². The van der Waals surface area contributed by atoms with E-state index in [1.165, 1.54) is 17.7 Å². The maximum atomic E-state index is 10.8. The summed E-state index contributed by atoms with van der Waals surface area (Å²) in [5, 5.41) is 15.1. The van der Waals surface area contributed by atoms with Crippen LogP contribution in [0.1, 0.15) is 12.5 Å². The average Bonchev–Trinajstić information content (AvgIpc) is 3.12. The van der Waals surface area contributed by atoms with Gasteiger partial charge in [0, 0.05) is 5.56 Å². The summed E-state index contributed by atoms with van der Waals surface area (Å²) in [7, 11) is 1.62. The SMILES string of the molecule is CCOc1ccccc1-c1sc2c(NN=Cc3cccc(OC)c3)ncnc2c1O. The summed E-state index contributed by atoms with van der Waals surface area (Å²) in [6.07, 6.45) is 3.08. The number of hydrazone groups is 1. The van der Waals surface area contributed by atoms with Crippen LogP contribution in [-0.4, -0.2) is 35.0 Å². The third-order valence-electron chi connectivity index (χ3n) is 4.36. The maximum absolute atomic E-state index is 10.8. The first kappa shape index (κ1) is 19.7. The van der Waals surface area contributed by atoms with Crippen molar-refractivity contribution in [2.24, 2.45) is 5.10 Å². The summed E-state index contributed by atoms with van der Waals surface area (Å²) in [5.74, 6) is 2.08. The molecule has 0 unspecified atom stereocenters. The number of nitrogens with one attached hydrogen (secondary N) is 1. The third kappa shape index (κ3) is 3.90. The molecule has 0 aliphatic rings. The Balaban J connectivity index is 1.68. The number of anilines is 1. The van der Waals surface area contributed by atoms with E-state index < -0.39 is 0 Å². The van der Waals surface area contributed by atoms with Crippen LogP contribution in [0.3, 0.4) is 0 Å². The van der Waals surface area contributed by atoms with E-state index in [1.807, 2.05) is 55.5 Å². The van der Waals surface area contributed by atoms with Crippen LogP contribution in [0.4, 0.5) is 5.82 Å². The number of para-hydroxylation sites is 1. The molecular weight excluding hydrogens is 400 g/mol. The molecule has 2 aromatic carbocycles. The molecule has 2 heterocycles. The van der Waals surface area contributed by atoms with Crippen LogP contribution in [0.25, 0.3) is 20.7 Å². The number of ether oxygens (including phenoxy) is 2. The lowest BCUT2D eigenvalue weighted by molar-refractivity contribution is 0.341. The minimum Gasteiger partial charge on any atom is -0.504 e. The van der Waals surface area contributed by atoms with Gasteiger partial charge in [-0.05, 0) is 36.8 Å². The summed E-state index contributed by atoms with van der Waals surface area (Å²) in [6, 6.07) is 15.2. The molecule has 0 bridgehead atoms. The van der Waals surface area contributed by atoms with Gasteiger partial charge in [-0.15, -0.1) is 11.3 Å². The Kier molecular flexibility index (Phi) is 5.76. The monoisotopic (exact) mass is 420 g/mol. The highest BCUT2D eigenvalue weighted by Gasteiger charge is 2.19. The number of aromatic nitrogens is 2. The molecule has 0 fully saturated rings. The Morgan fingerprint density at radius 1 is 1.17 bits per heavy atom. The van der Waals surface area contributed by atoms with Crippen LogP contribution in [0.2, 0.25) is 0 Å². The second kappa shape index (κ2) is 8.79. The van der Waals surface area contributed by atoms with E-state index in [9.17, 15) is 5.11 Å². The molecule has 4 aromatic rings. The van der Waals surface area contributed by atoms with Gasteiger partial charge in [-0.25, -0.2) is 9.97 Å². The molecule has 0 radical (unpaired) electrons. The quantitative estimate of drug-likeness (QED) is 0.326. The minimum absolute atomic E-state index is 0.101. The lowest BCUT2D eigenvalue weighted by atomic mass is 10.1. The Hall–Kier alpha value is -3.65. The highest BCUT2D eigenvalue weighted by atomic mass is 32.1. The van der Waals surface area contributed by atoms with Gasteiger partial charge in [0.25, 0.3) is 0 Å². The van der Waals surface area contributed by atoms with Gasteiger partial charge in [0.1, 0.15) is 28.0 Å². The topological polar surface area (TPSA) is 88.9 Å². The molecular formula is C22H20N4O3S. The first-order valence-corrected chi connectivity index (χ1v) is 10.1. The summed E-state index contributed by atoms with van der Waals surface area (Å²) in [6.45, 7) is 2.46. The first-order chi connectivity index (χ1) is 14.7. The molecule has 4 rings (SSSR count). The number of benzene rings is 2. The molecule has 7 nitrogen and oxygen atoms in total. The second-order valence-corrected chi connectivity index (χ2v) is 7.28. The van der Waals surface area contributed by atoms with E-state index >= 15 is 0 Å². The predicted octanol–water partition coefficient (Wildman–Crippen LogP) is 4.92.